The van der Waals surface area contributed by atoms with E-state index in [1.54, 1.807) is 24.3 Å². The predicted octanol–water partition coefficient (Wildman–Crippen LogP) is 5.93. The minimum absolute atomic E-state index is 0.0124. The Kier molecular flexibility index (Phi) is 14.4. The molecule has 0 saturated heterocycles. The summed E-state index contributed by atoms with van der Waals surface area (Å²) in [6.07, 6.45) is 3.15. The standard InChI is InChI=1S/C42H53N9O5/c1-4-5-12-35-50-37-38(32-10-6-7-11-33(32)49-39(37)44)51(35)24-28-15-13-27(14-16-28)23-47-42(55)56-25-29-17-19-31(20-18-29)48-40(53)30(9-8-21-46-41(45)54)22-34(52)36(43)26(2)3/h6-7,10-11,13-20,26,30,36H,4-5,8-9,12,21-25,43H2,1-3H3,(H2,44,49)(H,47,55)(H,48,53)(H3,45,46,54)/t30-,36+/m1/s1. The molecule has 0 saturated carbocycles. The second-order valence-corrected chi connectivity index (χ2v) is 14.4. The fourth-order valence-electron chi connectivity index (χ4n) is 6.49. The van der Waals surface area contributed by atoms with Crippen LogP contribution in [-0.4, -0.2) is 50.9 Å². The number of para-hydroxylation sites is 1. The highest BCUT2D eigenvalue weighted by Gasteiger charge is 2.26. The lowest BCUT2D eigenvalue weighted by molar-refractivity contribution is -0.127. The molecule has 2 aromatic heterocycles. The fraction of sp³-hybridized carbons (Fsp3) is 0.381. The van der Waals surface area contributed by atoms with Gasteiger partial charge in [0.25, 0.3) is 0 Å². The van der Waals surface area contributed by atoms with Crippen LogP contribution in [0, 0.1) is 11.8 Å². The van der Waals surface area contributed by atoms with E-state index in [0.29, 0.717) is 30.9 Å². The molecule has 56 heavy (non-hydrogen) atoms. The number of unbranched alkanes of at least 4 members (excludes halogenated alkanes) is 1. The number of anilines is 2. The van der Waals surface area contributed by atoms with Crippen LogP contribution in [0.2, 0.25) is 0 Å². The molecule has 0 unspecified atom stereocenters. The molecule has 0 bridgehead atoms. The zero-order valence-corrected chi connectivity index (χ0v) is 32.3. The summed E-state index contributed by atoms with van der Waals surface area (Å²) in [6.45, 7) is 7.10. The summed E-state index contributed by atoms with van der Waals surface area (Å²) in [7, 11) is 0. The number of aromatic nitrogens is 3. The van der Waals surface area contributed by atoms with Gasteiger partial charge in [0.1, 0.15) is 17.9 Å². The van der Waals surface area contributed by atoms with Gasteiger partial charge in [-0.15, -0.1) is 0 Å². The van der Waals surface area contributed by atoms with Crippen molar-refractivity contribution >= 4 is 57.3 Å². The van der Waals surface area contributed by atoms with Crippen LogP contribution in [0.15, 0.2) is 72.8 Å². The first-order valence-corrected chi connectivity index (χ1v) is 19.2. The molecular weight excluding hydrogens is 711 g/mol. The molecule has 9 N–H and O–H groups in total. The van der Waals surface area contributed by atoms with Crippen LogP contribution in [0.3, 0.4) is 0 Å². The molecule has 0 aliphatic carbocycles. The number of carbonyl (C=O) groups is 4. The summed E-state index contributed by atoms with van der Waals surface area (Å²) < 4.78 is 7.69. The number of nitrogen functional groups attached to an aromatic ring is 1. The number of alkyl carbamates (subject to hydrolysis) is 1. The molecule has 5 rings (SSSR count). The Hall–Kier alpha value is -6.02. The van der Waals surface area contributed by atoms with E-state index < -0.39 is 24.1 Å². The number of ether oxygens (including phenoxy) is 1. The summed E-state index contributed by atoms with van der Waals surface area (Å²) in [4.78, 5) is 59.0. The normalized spacial score (nSPS) is 12.4. The van der Waals surface area contributed by atoms with Gasteiger partial charge in [0.2, 0.25) is 5.91 Å². The van der Waals surface area contributed by atoms with Crippen molar-refractivity contribution in [3.05, 3.63) is 95.3 Å². The molecule has 0 spiro atoms. The number of benzene rings is 3. The average molecular weight is 764 g/mol. The molecule has 296 valence electrons. The molecule has 2 atom stereocenters. The Labute approximate surface area is 326 Å². The van der Waals surface area contributed by atoms with Crippen molar-refractivity contribution in [2.75, 3.05) is 17.6 Å². The number of hydrogen-bond donors (Lipinski definition) is 6. The van der Waals surface area contributed by atoms with E-state index in [1.807, 2.05) is 56.3 Å². The zero-order chi connectivity index (χ0) is 40.2. The maximum absolute atomic E-state index is 13.2. The van der Waals surface area contributed by atoms with Crippen molar-refractivity contribution in [1.29, 1.82) is 0 Å². The number of amides is 4. The van der Waals surface area contributed by atoms with Crippen molar-refractivity contribution in [3.63, 3.8) is 0 Å². The number of ketones is 1. The Morgan fingerprint density at radius 1 is 0.875 bits per heavy atom. The van der Waals surface area contributed by atoms with Gasteiger partial charge >= 0.3 is 12.1 Å². The summed E-state index contributed by atoms with van der Waals surface area (Å²) in [5.41, 5.74) is 23.4. The lowest BCUT2D eigenvalue weighted by atomic mass is 9.90. The van der Waals surface area contributed by atoms with Gasteiger partial charge in [-0.2, -0.15) is 0 Å². The maximum atomic E-state index is 13.2. The van der Waals surface area contributed by atoms with Crippen LogP contribution in [0.1, 0.15) is 75.4 Å². The number of aryl methyl sites for hydroxylation is 1. The van der Waals surface area contributed by atoms with Crippen LogP contribution in [0.5, 0.6) is 0 Å². The van der Waals surface area contributed by atoms with Crippen molar-refractivity contribution in [2.45, 2.75) is 85.0 Å². The van der Waals surface area contributed by atoms with Gasteiger partial charge in [0.15, 0.2) is 11.6 Å². The Morgan fingerprint density at radius 3 is 2.27 bits per heavy atom. The van der Waals surface area contributed by atoms with E-state index in [2.05, 4.69) is 38.5 Å². The third-order valence-corrected chi connectivity index (χ3v) is 9.77. The number of primary amides is 1. The van der Waals surface area contributed by atoms with Crippen LogP contribution >= 0.6 is 0 Å². The van der Waals surface area contributed by atoms with Crippen molar-refractivity contribution in [2.24, 2.45) is 23.3 Å². The smallest absolute Gasteiger partial charge is 0.407 e. The molecule has 5 aromatic rings. The van der Waals surface area contributed by atoms with Gasteiger partial charge in [0, 0.05) is 49.5 Å². The number of pyridine rings is 1. The summed E-state index contributed by atoms with van der Waals surface area (Å²) >= 11 is 0. The second kappa shape index (κ2) is 19.5. The molecule has 2 heterocycles. The number of nitrogens with zero attached hydrogens (tertiary/aromatic N) is 3. The van der Waals surface area contributed by atoms with Gasteiger partial charge < -0.3 is 42.5 Å². The van der Waals surface area contributed by atoms with E-state index in [1.165, 1.54) is 0 Å². The number of nitrogens with two attached hydrogens (primary N) is 3. The van der Waals surface area contributed by atoms with E-state index >= 15 is 0 Å². The van der Waals surface area contributed by atoms with Crippen molar-refractivity contribution in [3.8, 4) is 0 Å². The molecule has 14 heteroatoms. The van der Waals surface area contributed by atoms with Crippen LogP contribution in [0.4, 0.5) is 21.1 Å². The Balaban J connectivity index is 1.13. The number of rotatable bonds is 19. The minimum atomic E-state index is -0.671. The number of Topliss-reactive ketones (excluding diaryl/α,β-unsaturated/α-hetero) is 1. The first-order valence-electron chi connectivity index (χ1n) is 19.2. The minimum Gasteiger partial charge on any atom is -0.445 e. The molecule has 4 amide bonds. The highest BCUT2D eigenvalue weighted by Crippen LogP contribution is 2.30. The Bertz CT molecular complexity index is 2130. The molecule has 0 aliphatic rings. The first-order chi connectivity index (χ1) is 26.9. The number of nitrogens with one attached hydrogen (secondary N) is 3. The molecule has 0 fully saturated rings. The highest BCUT2D eigenvalue weighted by atomic mass is 16.5. The number of urea groups is 1. The SMILES string of the molecule is CCCCc1nc2c(N)nc3ccccc3c2n1Cc1ccc(CNC(=O)OCc2ccc(NC(=O)[C@H](CCCNC(N)=O)CC(=O)[C@@H](N)C(C)C)cc2)cc1. The van der Waals surface area contributed by atoms with Crippen LogP contribution in [-0.2, 0) is 40.4 Å². The third kappa shape index (κ3) is 11.0. The summed E-state index contributed by atoms with van der Waals surface area (Å²) in [5.74, 6) is 0.192. The number of hydrogen-bond acceptors (Lipinski definition) is 9. The van der Waals surface area contributed by atoms with E-state index in [0.717, 1.165) is 63.7 Å². The lowest BCUT2D eigenvalue weighted by Crippen LogP contribution is -2.38. The molecule has 3 aromatic carbocycles. The third-order valence-electron chi connectivity index (χ3n) is 9.77. The zero-order valence-electron chi connectivity index (χ0n) is 32.3. The van der Waals surface area contributed by atoms with E-state index in [-0.39, 0.29) is 43.7 Å². The monoisotopic (exact) mass is 763 g/mol. The van der Waals surface area contributed by atoms with Crippen LogP contribution in [0.25, 0.3) is 21.9 Å². The van der Waals surface area contributed by atoms with Gasteiger partial charge in [-0.25, -0.2) is 19.6 Å². The van der Waals surface area contributed by atoms with E-state index in [4.69, 9.17) is 26.9 Å². The summed E-state index contributed by atoms with van der Waals surface area (Å²) in [5, 5.41) is 9.18. The lowest BCUT2D eigenvalue weighted by Gasteiger charge is -2.20. The highest BCUT2D eigenvalue weighted by molar-refractivity contribution is 6.06. The largest absolute Gasteiger partial charge is 0.445 e. The van der Waals surface area contributed by atoms with Gasteiger partial charge in [0.05, 0.1) is 17.1 Å². The number of carbonyl (C=O) groups excluding carboxylic acids is 4. The quantitative estimate of drug-likeness (QED) is 0.0548. The molecule has 14 nitrogen and oxygen atoms in total. The Morgan fingerprint density at radius 2 is 1.57 bits per heavy atom. The van der Waals surface area contributed by atoms with E-state index in [9.17, 15) is 19.2 Å². The predicted molar refractivity (Wildman–Crippen MR) is 218 cm³/mol. The average Bonchev–Trinajstić information content (AvgIpc) is 3.55. The maximum Gasteiger partial charge on any atom is 0.407 e. The molecular formula is C42H53N9O5. The first kappa shape index (κ1) is 41.1. The second-order valence-electron chi connectivity index (χ2n) is 14.4. The van der Waals surface area contributed by atoms with Gasteiger partial charge in [-0.1, -0.05) is 81.8 Å². The van der Waals surface area contributed by atoms with Crippen LogP contribution < -0.4 is 33.2 Å². The van der Waals surface area contributed by atoms with Crippen molar-refractivity contribution in [1.82, 2.24) is 25.2 Å². The fourth-order valence-corrected chi connectivity index (χ4v) is 6.49. The van der Waals surface area contributed by atoms with Gasteiger partial charge in [-0.05, 0) is 60.1 Å². The van der Waals surface area contributed by atoms with Gasteiger partial charge in [-0.3, -0.25) is 9.59 Å². The molecule has 0 aliphatic heterocycles. The topological polar surface area (TPSA) is 222 Å². The molecule has 0 radical (unpaired) electrons. The number of fused-ring (bicyclic) bond motifs is 3. The van der Waals surface area contributed by atoms with Crippen molar-refractivity contribution < 1.29 is 23.9 Å². The summed E-state index contributed by atoms with van der Waals surface area (Å²) in [6, 6.07) is 21.6. The number of imidazole rings is 1.